The van der Waals surface area contributed by atoms with Crippen LogP contribution in [-0.2, 0) is 13.1 Å². The molecule has 0 spiro atoms. The van der Waals surface area contributed by atoms with Crippen LogP contribution in [0.2, 0.25) is 0 Å². The van der Waals surface area contributed by atoms with Gasteiger partial charge in [0, 0.05) is 24.7 Å². The van der Waals surface area contributed by atoms with Crippen molar-refractivity contribution in [3.05, 3.63) is 29.3 Å². The van der Waals surface area contributed by atoms with Gasteiger partial charge < -0.3 is 10.1 Å². The smallest absolute Gasteiger partial charge is 0.123 e. The molecule has 118 valence electrons. The van der Waals surface area contributed by atoms with Gasteiger partial charge in [-0.05, 0) is 50.9 Å². The number of hydrogen-bond acceptors (Lipinski definition) is 3. The minimum Gasteiger partial charge on any atom is -0.496 e. The predicted molar refractivity (Wildman–Crippen MR) is 88.7 cm³/mol. The Morgan fingerprint density at radius 3 is 2.67 bits per heavy atom. The van der Waals surface area contributed by atoms with Crippen LogP contribution in [0.5, 0.6) is 5.75 Å². The normalized spacial score (nSPS) is 17.7. The molecule has 0 bridgehead atoms. The van der Waals surface area contributed by atoms with E-state index in [0.29, 0.717) is 6.04 Å². The average Bonchev–Trinajstić information content (AvgIpc) is 2.54. The molecule has 1 aliphatic heterocycles. The molecule has 1 aromatic carbocycles. The second kappa shape index (κ2) is 8.40. The van der Waals surface area contributed by atoms with Gasteiger partial charge in [-0.1, -0.05) is 25.5 Å². The van der Waals surface area contributed by atoms with Gasteiger partial charge in [-0.15, -0.1) is 0 Å². The first-order valence-corrected chi connectivity index (χ1v) is 8.34. The molecular formula is C18H30N2O. The maximum absolute atomic E-state index is 5.58. The number of piperidine rings is 1. The van der Waals surface area contributed by atoms with Crippen molar-refractivity contribution in [3.8, 4) is 5.75 Å². The molecule has 2 rings (SSSR count). The maximum Gasteiger partial charge on any atom is 0.123 e. The van der Waals surface area contributed by atoms with Crippen LogP contribution in [0, 0.1) is 0 Å². The van der Waals surface area contributed by atoms with Crippen molar-refractivity contribution in [2.45, 2.75) is 58.7 Å². The first-order chi connectivity index (χ1) is 10.2. The number of rotatable bonds is 7. The fraction of sp³-hybridized carbons (Fsp3) is 0.667. The van der Waals surface area contributed by atoms with Crippen LogP contribution in [0.1, 0.15) is 50.7 Å². The van der Waals surface area contributed by atoms with E-state index in [2.05, 4.69) is 42.3 Å². The lowest BCUT2D eigenvalue weighted by molar-refractivity contribution is 0.220. The van der Waals surface area contributed by atoms with Gasteiger partial charge in [0.15, 0.2) is 0 Å². The molecule has 1 fully saturated rings. The van der Waals surface area contributed by atoms with Gasteiger partial charge in [-0.3, -0.25) is 4.90 Å². The zero-order valence-corrected chi connectivity index (χ0v) is 13.8. The molecule has 0 saturated carbocycles. The highest BCUT2D eigenvalue weighted by Crippen LogP contribution is 2.22. The lowest BCUT2D eigenvalue weighted by atomic mass is 10.1. The molecule has 0 radical (unpaired) electrons. The first kappa shape index (κ1) is 16.3. The summed E-state index contributed by atoms with van der Waals surface area (Å²) in [6.07, 6.45) is 5.22. The second-order valence-corrected chi connectivity index (χ2v) is 6.17. The Morgan fingerprint density at radius 1 is 1.24 bits per heavy atom. The molecule has 1 unspecified atom stereocenters. The van der Waals surface area contributed by atoms with Gasteiger partial charge in [0.2, 0.25) is 0 Å². The molecule has 1 aromatic rings. The van der Waals surface area contributed by atoms with E-state index >= 15 is 0 Å². The van der Waals surface area contributed by atoms with E-state index in [-0.39, 0.29) is 0 Å². The van der Waals surface area contributed by atoms with Crippen LogP contribution in [-0.4, -0.2) is 31.1 Å². The van der Waals surface area contributed by atoms with Gasteiger partial charge >= 0.3 is 0 Å². The number of benzene rings is 1. The van der Waals surface area contributed by atoms with Crippen molar-refractivity contribution in [1.82, 2.24) is 10.2 Å². The summed E-state index contributed by atoms with van der Waals surface area (Å²) in [4.78, 5) is 2.55. The van der Waals surface area contributed by atoms with Crippen molar-refractivity contribution in [1.29, 1.82) is 0 Å². The molecule has 1 N–H and O–H groups in total. The quantitative estimate of drug-likeness (QED) is 0.831. The van der Waals surface area contributed by atoms with Crippen LogP contribution in [0.3, 0.4) is 0 Å². The molecule has 21 heavy (non-hydrogen) atoms. The highest BCUT2D eigenvalue weighted by Gasteiger charge is 2.12. The SMILES string of the molecule is CCC(C)NCc1ccc(CN2CCCCC2)cc1OC. The van der Waals surface area contributed by atoms with Crippen LogP contribution >= 0.6 is 0 Å². The Labute approximate surface area is 129 Å². The lowest BCUT2D eigenvalue weighted by Gasteiger charge is -2.26. The van der Waals surface area contributed by atoms with Gasteiger partial charge in [0.05, 0.1) is 7.11 Å². The molecule has 0 aromatic heterocycles. The molecule has 3 nitrogen and oxygen atoms in total. The highest BCUT2D eigenvalue weighted by atomic mass is 16.5. The third kappa shape index (κ3) is 5.01. The third-order valence-corrected chi connectivity index (χ3v) is 4.46. The van der Waals surface area contributed by atoms with Crippen LogP contribution in [0.15, 0.2) is 18.2 Å². The van der Waals surface area contributed by atoms with E-state index in [4.69, 9.17) is 4.74 Å². The van der Waals surface area contributed by atoms with Crippen LogP contribution in [0.4, 0.5) is 0 Å². The summed E-state index contributed by atoms with van der Waals surface area (Å²) in [5.74, 6) is 1.01. The Bertz CT molecular complexity index is 427. The third-order valence-electron chi connectivity index (χ3n) is 4.46. The summed E-state index contributed by atoms with van der Waals surface area (Å²) in [6, 6.07) is 7.23. The van der Waals surface area contributed by atoms with E-state index in [0.717, 1.165) is 25.3 Å². The molecule has 0 aliphatic carbocycles. The minimum absolute atomic E-state index is 0.544. The molecule has 3 heteroatoms. The van der Waals surface area contributed by atoms with Crippen molar-refractivity contribution in [3.63, 3.8) is 0 Å². The summed E-state index contributed by atoms with van der Waals surface area (Å²) in [5.41, 5.74) is 2.61. The molecule has 1 atom stereocenters. The van der Waals surface area contributed by atoms with Crippen molar-refractivity contribution in [2.24, 2.45) is 0 Å². The number of nitrogens with zero attached hydrogens (tertiary/aromatic N) is 1. The average molecular weight is 290 g/mol. The highest BCUT2D eigenvalue weighted by molar-refractivity contribution is 5.37. The van der Waals surface area contributed by atoms with Gasteiger partial charge in [-0.25, -0.2) is 0 Å². The molecule has 1 aliphatic rings. The first-order valence-electron chi connectivity index (χ1n) is 8.34. The van der Waals surface area contributed by atoms with E-state index in [1.165, 1.54) is 43.5 Å². The van der Waals surface area contributed by atoms with Crippen molar-refractivity contribution < 1.29 is 4.74 Å². The fourth-order valence-electron chi connectivity index (χ4n) is 2.84. The number of likely N-dealkylation sites (tertiary alicyclic amines) is 1. The zero-order valence-electron chi connectivity index (χ0n) is 13.8. The Balaban J connectivity index is 1.97. The second-order valence-electron chi connectivity index (χ2n) is 6.17. The van der Waals surface area contributed by atoms with Gasteiger partial charge in [-0.2, -0.15) is 0 Å². The van der Waals surface area contributed by atoms with Gasteiger partial charge in [0.25, 0.3) is 0 Å². The largest absolute Gasteiger partial charge is 0.496 e. The van der Waals surface area contributed by atoms with Crippen molar-refractivity contribution >= 4 is 0 Å². The molecule has 1 heterocycles. The lowest BCUT2D eigenvalue weighted by Crippen LogP contribution is -2.29. The predicted octanol–water partition coefficient (Wildman–Crippen LogP) is 3.57. The van der Waals surface area contributed by atoms with Gasteiger partial charge in [0.1, 0.15) is 5.75 Å². The fourth-order valence-corrected chi connectivity index (χ4v) is 2.84. The van der Waals surface area contributed by atoms with Crippen LogP contribution in [0.25, 0.3) is 0 Å². The Morgan fingerprint density at radius 2 is 2.00 bits per heavy atom. The van der Waals surface area contributed by atoms with E-state index in [1.807, 2.05) is 0 Å². The number of nitrogens with one attached hydrogen (secondary N) is 1. The zero-order chi connectivity index (χ0) is 15.1. The summed E-state index contributed by atoms with van der Waals surface area (Å²) < 4.78 is 5.58. The topological polar surface area (TPSA) is 24.5 Å². The summed E-state index contributed by atoms with van der Waals surface area (Å²) in [7, 11) is 1.77. The summed E-state index contributed by atoms with van der Waals surface area (Å²) in [6.45, 7) is 8.82. The summed E-state index contributed by atoms with van der Waals surface area (Å²) >= 11 is 0. The minimum atomic E-state index is 0.544. The number of methoxy groups -OCH3 is 1. The monoisotopic (exact) mass is 290 g/mol. The number of ether oxygens (including phenoxy) is 1. The maximum atomic E-state index is 5.58. The van der Waals surface area contributed by atoms with Crippen LogP contribution < -0.4 is 10.1 Å². The van der Waals surface area contributed by atoms with E-state index < -0.39 is 0 Å². The summed E-state index contributed by atoms with van der Waals surface area (Å²) in [5, 5.41) is 3.53. The number of hydrogen-bond donors (Lipinski definition) is 1. The standard InChI is InChI=1S/C18H30N2O/c1-4-15(2)19-13-17-9-8-16(12-18(17)21-3)14-20-10-6-5-7-11-20/h8-9,12,15,19H,4-7,10-11,13-14H2,1-3H3. The molecule has 0 amide bonds. The molecule has 1 saturated heterocycles. The molecular weight excluding hydrogens is 260 g/mol. The Hall–Kier alpha value is -1.06. The van der Waals surface area contributed by atoms with E-state index in [1.54, 1.807) is 7.11 Å². The Kier molecular flexibility index (Phi) is 6.52. The van der Waals surface area contributed by atoms with E-state index in [9.17, 15) is 0 Å². The van der Waals surface area contributed by atoms with Crippen molar-refractivity contribution in [2.75, 3.05) is 20.2 Å².